The van der Waals surface area contributed by atoms with Crippen LogP contribution in [-0.2, 0) is 13.0 Å². The number of nitrogens with zero attached hydrogens (tertiary/aromatic N) is 3. The first kappa shape index (κ1) is 21.7. The molecule has 7 heteroatoms. The zero-order chi connectivity index (χ0) is 17.4. The van der Waals surface area contributed by atoms with E-state index in [2.05, 4.69) is 37.7 Å². The maximum atomic E-state index is 5.48. The molecule has 0 saturated carbocycles. The van der Waals surface area contributed by atoms with Crippen LogP contribution in [0.3, 0.4) is 0 Å². The van der Waals surface area contributed by atoms with Crippen molar-refractivity contribution >= 4 is 41.3 Å². The number of ether oxygens (including phenoxy) is 1. The van der Waals surface area contributed by atoms with Gasteiger partial charge in [0, 0.05) is 39.0 Å². The van der Waals surface area contributed by atoms with E-state index in [0.29, 0.717) is 6.61 Å². The molecular formula is C18H27IN4OS. The molecule has 0 unspecified atom stereocenters. The molecule has 0 amide bonds. The standard InChI is InChI=1S/C18H26N4OS.HI/c1-5-23-17-8-6-15(7-9-17)12-22(4)18(19-3)20-11-10-16-13-24-14(2)21-16;/h6-9,13H,5,10-12H2,1-4H3,(H,19,20);1H. The lowest BCUT2D eigenvalue weighted by Crippen LogP contribution is -2.39. The van der Waals surface area contributed by atoms with Crippen molar-refractivity contribution in [2.75, 3.05) is 27.2 Å². The largest absolute Gasteiger partial charge is 0.494 e. The summed E-state index contributed by atoms with van der Waals surface area (Å²) in [4.78, 5) is 11.0. The van der Waals surface area contributed by atoms with Gasteiger partial charge in [0.05, 0.1) is 17.3 Å². The minimum absolute atomic E-state index is 0. The van der Waals surface area contributed by atoms with Gasteiger partial charge < -0.3 is 15.0 Å². The molecule has 1 N–H and O–H groups in total. The monoisotopic (exact) mass is 474 g/mol. The fourth-order valence-electron chi connectivity index (χ4n) is 2.42. The fourth-order valence-corrected chi connectivity index (χ4v) is 3.06. The van der Waals surface area contributed by atoms with E-state index in [9.17, 15) is 0 Å². The Balaban J connectivity index is 0.00000312. The van der Waals surface area contributed by atoms with Gasteiger partial charge in [-0.15, -0.1) is 35.3 Å². The van der Waals surface area contributed by atoms with Crippen molar-refractivity contribution in [3.05, 3.63) is 45.9 Å². The van der Waals surface area contributed by atoms with Crippen LogP contribution in [0.25, 0.3) is 0 Å². The molecule has 1 aromatic carbocycles. The number of rotatable bonds is 7. The Morgan fingerprint density at radius 1 is 1.32 bits per heavy atom. The second kappa shape index (κ2) is 11.3. The highest BCUT2D eigenvalue weighted by Crippen LogP contribution is 2.13. The first-order valence-electron chi connectivity index (χ1n) is 8.17. The zero-order valence-electron chi connectivity index (χ0n) is 15.3. The predicted octanol–water partition coefficient (Wildman–Crippen LogP) is 3.72. The SMILES string of the molecule is CCOc1ccc(CN(C)C(=NC)NCCc2csc(C)n2)cc1.I. The van der Waals surface area contributed by atoms with E-state index in [4.69, 9.17) is 4.74 Å². The van der Waals surface area contributed by atoms with Gasteiger partial charge in [-0.25, -0.2) is 4.98 Å². The Labute approximate surface area is 171 Å². The van der Waals surface area contributed by atoms with Crippen LogP contribution < -0.4 is 10.1 Å². The molecule has 0 atom stereocenters. The Hall–Kier alpha value is -1.35. The summed E-state index contributed by atoms with van der Waals surface area (Å²) >= 11 is 1.69. The van der Waals surface area contributed by atoms with Crippen molar-refractivity contribution in [3.8, 4) is 5.75 Å². The number of aromatic nitrogens is 1. The third-order valence-corrected chi connectivity index (χ3v) is 4.38. The van der Waals surface area contributed by atoms with Gasteiger partial charge in [0.2, 0.25) is 0 Å². The van der Waals surface area contributed by atoms with Gasteiger partial charge in [0.15, 0.2) is 5.96 Å². The molecule has 138 valence electrons. The normalized spacial score (nSPS) is 11.0. The van der Waals surface area contributed by atoms with E-state index in [1.165, 1.54) is 5.56 Å². The highest BCUT2D eigenvalue weighted by Gasteiger charge is 2.07. The van der Waals surface area contributed by atoms with E-state index in [1.807, 2.05) is 40.1 Å². The fraction of sp³-hybridized carbons (Fsp3) is 0.444. The summed E-state index contributed by atoms with van der Waals surface area (Å²) in [5.41, 5.74) is 2.36. The van der Waals surface area contributed by atoms with Gasteiger partial charge in [-0.2, -0.15) is 0 Å². The van der Waals surface area contributed by atoms with Gasteiger partial charge in [-0.3, -0.25) is 4.99 Å². The molecule has 0 saturated heterocycles. The topological polar surface area (TPSA) is 49.8 Å². The summed E-state index contributed by atoms with van der Waals surface area (Å²) in [7, 11) is 3.85. The minimum atomic E-state index is 0. The van der Waals surface area contributed by atoms with Gasteiger partial charge >= 0.3 is 0 Å². The number of hydrogen-bond donors (Lipinski definition) is 1. The zero-order valence-corrected chi connectivity index (χ0v) is 18.4. The molecular weight excluding hydrogens is 447 g/mol. The van der Waals surface area contributed by atoms with E-state index < -0.39 is 0 Å². The van der Waals surface area contributed by atoms with Crippen molar-refractivity contribution < 1.29 is 4.74 Å². The maximum absolute atomic E-state index is 5.48. The Bertz CT molecular complexity index is 657. The molecule has 2 rings (SSSR count). The van der Waals surface area contributed by atoms with Crippen LogP contribution in [0.15, 0.2) is 34.6 Å². The summed E-state index contributed by atoms with van der Waals surface area (Å²) in [5.74, 6) is 1.79. The molecule has 1 heterocycles. The molecule has 2 aromatic rings. The summed E-state index contributed by atoms with van der Waals surface area (Å²) in [6.45, 7) is 6.33. The molecule has 1 aromatic heterocycles. The van der Waals surface area contributed by atoms with E-state index in [-0.39, 0.29) is 24.0 Å². The second-order valence-corrected chi connectivity index (χ2v) is 6.58. The quantitative estimate of drug-likeness (QED) is 0.378. The molecule has 0 fully saturated rings. The van der Waals surface area contributed by atoms with Crippen LogP contribution >= 0.6 is 35.3 Å². The van der Waals surface area contributed by atoms with Crippen LogP contribution in [0.5, 0.6) is 5.75 Å². The summed E-state index contributed by atoms with van der Waals surface area (Å²) in [6, 6.07) is 8.19. The second-order valence-electron chi connectivity index (χ2n) is 5.51. The summed E-state index contributed by atoms with van der Waals surface area (Å²) in [5, 5.41) is 6.62. The van der Waals surface area contributed by atoms with Crippen LogP contribution in [0.1, 0.15) is 23.2 Å². The summed E-state index contributed by atoms with van der Waals surface area (Å²) < 4.78 is 5.48. The summed E-state index contributed by atoms with van der Waals surface area (Å²) in [6.07, 6.45) is 0.903. The van der Waals surface area contributed by atoms with Crippen LogP contribution in [-0.4, -0.2) is 43.1 Å². The van der Waals surface area contributed by atoms with Gasteiger partial charge in [0.1, 0.15) is 5.75 Å². The molecule has 0 aliphatic rings. The molecule has 0 aliphatic carbocycles. The third kappa shape index (κ3) is 7.19. The number of nitrogens with one attached hydrogen (secondary N) is 1. The van der Waals surface area contributed by atoms with Gasteiger partial charge in [0.25, 0.3) is 0 Å². The van der Waals surface area contributed by atoms with Crippen molar-refractivity contribution in [3.63, 3.8) is 0 Å². The van der Waals surface area contributed by atoms with Crippen molar-refractivity contribution in [2.45, 2.75) is 26.8 Å². The predicted molar refractivity (Wildman–Crippen MR) is 116 cm³/mol. The lowest BCUT2D eigenvalue weighted by Gasteiger charge is -2.22. The number of aliphatic imine (C=N–C) groups is 1. The van der Waals surface area contributed by atoms with E-state index >= 15 is 0 Å². The van der Waals surface area contributed by atoms with Crippen molar-refractivity contribution in [1.82, 2.24) is 15.2 Å². The average Bonchev–Trinajstić information content (AvgIpc) is 2.99. The molecule has 25 heavy (non-hydrogen) atoms. The van der Waals surface area contributed by atoms with Crippen molar-refractivity contribution in [2.24, 2.45) is 4.99 Å². The number of thiazole rings is 1. The maximum Gasteiger partial charge on any atom is 0.193 e. The smallest absolute Gasteiger partial charge is 0.193 e. The average molecular weight is 474 g/mol. The number of aryl methyl sites for hydroxylation is 1. The first-order chi connectivity index (χ1) is 11.6. The lowest BCUT2D eigenvalue weighted by molar-refractivity contribution is 0.340. The van der Waals surface area contributed by atoms with Crippen molar-refractivity contribution in [1.29, 1.82) is 0 Å². The third-order valence-electron chi connectivity index (χ3n) is 3.56. The Kier molecular flexibility index (Phi) is 9.81. The van der Waals surface area contributed by atoms with Crippen LogP contribution in [0.2, 0.25) is 0 Å². The lowest BCUT2D eigenvalue weighted by atomic mass is 10.2. The Morgan fingerprint density at radius 2 is 2.04 bits per heavy atom. The van der Waals surface area contributed by atoms with E-state index in [1.54, 1.807) is 11.3 Å². The van der Waals surface area contributed by atoms with E-state index in [0.717, 1.165) is 41.9 Å². The van der Waals surface area contributed by atoms with Gasteiger partial charge in [-0.1, -0.05) is 12.1 Å². The first-order valence-corrected chi connectivity index (χ1v) is 9.05. The number of benzene rings is 1. The number of halogens is 1. The highest BCUT2D eigenvalue weighted by atomic mass is 127. The number of hydrogen-bond acceptors (Lipinski definition) is 4. The number of guanidine groups is 1. The molecule has 0 bridgehead atoms. The molecule has 5 nitrogen and oxygen atoms in total. The Morgan fingerprint density at radius 3 is 2.60 bits per heavy atom. The molecule has 0 aliphatic heterocycles. The van der Waals surface area contributed by atoms with Crippen LogP contribution in [0.4, 0.5) is 0 Å². The highest BCUT2D eigenvalue weighted by molar-refractivity contribution is 14.0. The molecule has 0 radical (unpaired) electrons. The molecule has 0 spiro atoms. The minimum Gasteiger partial charge on any atom is -0.494 e. The van der Waals surface area contributed by atoms with Crippen LogP contribution in [0, 0.1) is 6.92 Å². The van der Waals surface area contributed by atoms with Gasteiger partial charge in [-0.05, 0) is 31.5 Å².